The van der Waals surface area contributed by atoms with Crippen LogP contribution in [0.1, 0.15) is 0 Å². The van der Waals surface area contributed by atoms with E-state index in [4.69, 9.17) is 9.47 Å². The molecule has 0 atom stereocenters. The fourth-order valence-electron chi connectivity index (χ4n) is 1.85. The van der Waals surface area contributed by atoms with Crippen molar-refractivity contribution in [3.8, 4) is 11.5 Å². The van der Waals surface area contributed by atoms with Crippen LogP contribution in [0.25, 0.3) is 0 Å². The summed E-state index contributed by atoms with van der Waals surface area (Å²) in [5.41, 5.74) is -0.106. The van der Waals surface area contributed by atoms with E-state index in [9.17, 15) is 14.5 Å². The Labute approximate surface area is 120 Å². The van der Waals surface area contributed by atoms with Gasteiger partial charge in [0.2, 0.25) is 5.82 Å². The minimum atomic E-state index is -0.905. The van der Waals surface area contributed by atoms with E-state index in [1.807, 2.05) is 0 Å². The third kappa shape index (κ3) is 3.02. The maximum atomic E-state index is 13.6. The predicted molar refractivity (Wildman–Crippen MR) is 75.9 cm³/mol. The summed E-state index contributed by atoms with van der Waals surface area (Å²) in [5, 5.41) is 13.8. The van der Waals surface area contributed by atoms with E-state index in [-0.39, 0.29) is 5.69 Å². The Bertz CT molecular complexity index is 676. The van der Waals surface area contributed by atoms with Gasteiger partial charge in [0, 0.05) is 6.07 Å². The molecule has 2 aromatic carbocycles. The van der Waals surface area contributed by atoms with Crippen LogP contribution in [0.3, 0.4) is 0 Å². The highest BCUT2D eigenvalue weighted by Crippen LogP contribution is 2.35. The van der Waals surface area contributed by atoms with Crippen molar-refractivity contribution in [2.24, 2.45) is 0 Å². The van der Waals surface area contributed by atoms with Crippen molar-refractivity contribution in [3.05, 3.63) is 52.3 Å². The Kier molecular flexibility index (Phi) is 4.22. The minimum Gasteiger partial charge on any atom is -0.497 e. The van der Waals surface area contributed by atoms with Gasteiger partial charge in [0.15, 0.2) is 0 Å². The van der Waals surface area contributed by atoms with E-state index >= 15 is 0 Å². The summed E-state index contributed by atoms with van der Waals surface area (Å²) < 4.78 is 23.8. The van der Waals surface area contributed by atoms with Crippen LogP contribution in [-0.4, -0.2) is 19.1 Å². The summed E-state index contributed by atoms with van der Waals surface area (Å²) in [4.78, 5) is 10.2. The lowest BCUT2D eigenvalue weighted by atomic mass is 10.2. The molecule has 7 heteroatoms. The Hall–Kier alpha value is -2.83. The monoisotopic (exact) mass is 292 g/mol. The summed E-state index contributed by atoms with van der Waals surface area (Å²) in [6.45, 7) is 0. The Balaban J connectivity index is 2.43. The average molecular weight is 292 g/mol. The number of benzene rings is 2. The quantitative estimate of drug-likeness (QED) is 0.674. The molecule has 0 amide bonds. The second kappa shape index (κ2) is 6.08. The van der Waals surface area contributed by atoms with Gasteiger partial charge in [-0.25, -0.2) is 0 Å². The molecular weight excluding hydrogens is 279 g/mol. The Morgan fingerprint density at radius 2 is 1.90 bits per heavy atom. The Morgan fingerprint density at radius 3 is 2.52 bits per heavy atom. The second-order valence-electron chi connectivity index (χ2n) is 4.08. The van der Waals surface area contributed by atoms with E-state index in [0.29, 0.717) is 17.2 Å². The van der Waals surface area contributed by atoms with Gasteiger partial charge in [-0.05, 0) is 24.3 Å². The molecule has 110 valence electrons. The number of halogens is 1. The minimum absolute atomic E-state index is 0.0449. The first kappa shape index (κ1) is 14.6. The van der Waals surface area contributed by atoms with Gasteiger partial charge >= 0.3 is 5.69 Å². The first-order valence-electron chi connectivity index (χ1n) is 5.98. The zero-order valence-corrected chi connectivity index (χ0v) is 11.4. The van der Waals surface area contributed by atoms with Crippen LogP contribution in [0, 0.1) is 15.9 Å². The van der Waals surface area contributed by atoms with Crippen molar-refractivity contribution >= 4 is 17.1 Å². The number of rotatable bonds is 5. The van der Waals surface area contributed by atoms with Gasteiger partial charge in [-0.1, -0.05) is 6.07 Å². The molecule has 0 spiro atoms. The van der Waals surface area contributed by atoms with Gasteiger partial charge in [0.1, 0.15) is 17.2 Å². The highest BCUT2D eigenvalue weighted by molar-refractivity contribution is 5.73. The van der Waals surface area contributed by atoms with E-state index in [1.165, 1.54) is 26.4 Å². The van der Waals surface area contributed by atoms with Gasteiger partial charge < -0.3 is 14.8 Å². The van der Waals surface area contributed by atoms with Crippen LogP contribution >= 0.6 is 0 Å². The van der Waals surface area contributed by atoms with Crippen molar-refractivity contribution in [1.29, 1.82) is 0 Å². The van der Waals surface area contributed by atoms with Crippen molar-refractivity contribution in [3.63, 3.8) is 0 Å². The SMILES string of the molecule is COc1ccc(Nc2cccc(F)c2[N+](=O)[O-])c(OC)c1. The highest BCUT2D eigenvalue weighted by Gasteiger charge is 2.20. The van der Waals surface area contributed by atoms with Crippen molar-refractivity contribution in [2.75, 3.05) is 19.5 Å². The van der Waals surface area contributed by atoms with Gasteiger partial charge in [0.05, 0.1) is 24.8 Å². The van der Waals surface area contributed by atoms with Crippen molar-refractivity contribution in [1.82, 2.24) is 0 Å². The summed E-state index contributed by atoms with van der Waals surface area (Å²) >= 11 is 0. The van der Waals surface area contributed by atoms with Gasteiger partial charge in [-0.2, -0.15) is 4.39 Å². The summed E-state index contributed by atoms with van der Waals surface area (Å²) in [6.07, 6.45) is 0. The van der Waals surface area contributed by atoms with Crippen LogP contribution in [0.2, 0.25) is 0 Å². The van der Waals surface area contributed by atoms with Gasteiger partial charge in [-0.15, -0.1) is 0 Å². The van der Waals surface area contributed by atoms with Crippen LogP contribution in [-0.2, 0) is 0 Å². The number of methoxy groups -OCH3 is 2. The number of anilines is 2. The molecule has 0 aliphatic carbocycles. The molecule has 0 aliphatic rings. The first-order valence-corrected chi connectivity index (χ1v) is 5.98. The molecular formula is C14H13FN2O4. The molecule has 0 radical (unpaired) electrons. The third-order valence-electron chi connectivity index (χ3n) is 2.85. The van der Waals surface area contributed by atoms with E-state index < -0.39 is 16.4 Å². The molecule has 1 N–H and O–H groups in total. The van der Waals surface area contributed by atoms with Gasteiger partial charge in [-0.3, -0.25) is 10.1 Å². The van der Waals surface area contributed by atoms with Crippen LogP contribution in [0.15, 0.2) is 36.4 Å². The number of ether oxygens (including phenoxy) is 2. The summed E-state index contributed by atoms with van der Waals surface area (Å²) in [6, 6.07) is 8.76. The smallest absolute Gasteiger partial charge is 0.327 e. The maximum absolute atomic E-state index is 13.6. The lowest BCUT2D eigenvalue weighted by Gasteiger charge is -2.12. The van der Waals surface area contributed by atoms with Crippen LogP contribution in [0.4, 0.5) is 21.5 Å². The fourth-order valence-corrected chi connectivity index (χ4v) is 1.85. The number of nitrogens with zero attached hydrogens (tertiary/aromatic N) is 1. The molecule has 2 rings (SSSR count). The van der Waals surface area contributed by atoms with Crippen molar-refractivity contribution in [2.45, 2.75) is 0 Å². The number of para-hydroxylation sites is 1. The molecule has 0 fully saturated rings. The van der Waals surface area contributed by atoms with E-state index in [2.05, 4.69) is 5.32 Å². The van der Waals surface area contributed by atoms with Crippen LogP contribution in [0.5, 0.6) is 11.5 Å². The molecule has 2 aromatic rings. The molecule has 0 saturated carbocycles. The largest absolute Gasteiger partial charge is 0.497 e. The topological polar surface area (TPSA) is 73.6 Å². The van der Waals surface area contributed by atoms with E-state index in [1.54, 1.807) is 18.2 Å². The number of nitro groups is 1. The fraction of sp³-hybridized carbons (Fsp3) is 0.143. The second-order valence-corrected chi connectivity index (χ2v) is 4.08. The lowest BCUT2D eigenvalue weighted by Crippen LogP contribution is -2.01. The number of nitro benzene ring substituents is 1. The first-order chi connectivity index (χ1) is 10.1. The molecule has 21 heavy (non-hydrogen) atoms. The zero-order valence-electron chi connectivity index (χ0n) is 11.4. The number of hydrogen-bond acceptors (Lipinski definition) is 5. The zero-order chi connectivity index (χ0) is 15.4. The molecule has 0 saturated heterocycles. The maximum Gasteiger partial charge on any atom is 0.327 e. The molecule has 0 heterocycles. The van der Waals surface area contributed by atoms with E-state index in [0.717, 1.165) is 6.07 Å². The Morgan fingerprint density at radius 1 is 1.14 bits per heavy atom. The average Bonchev–Trinajstić information content (AvgIpc) is 2.47. The predicted octanol–water partition coefficient (Wildman–Crippen LogP) is 3.49. The van der Waals surface area contributed by atoms with Gasteiger partial charge in [0.25, 0.3) is 0 Å². The highest BCUT2D eigenvalue weighted by atomic mass is 19.1. The molecule has 0 aliphatic heterocycles. The number of nitrogens with one attached hydrogen (secondary N) is 1. The third-order valence-corrected chi connectivity index (χ3v) is 2.85. The van der Waals surface area contributed by atoms with Crippen LogP contribution < -0.4 is 14.8 Å². The molecule has 0 unspecified atom stereocenters. The summed E-state index contributed by atoms with van der Waals surface area (Å²) in [7, 11) is 2.97. The normalized spacial score (nSPS) is 10.0. The summed E-state index contributed by atoms with van der Waals surface area (Å²) in [5.74, 6) is 0.0940. The standard InChI is InChI=1S/C14H13FN2O4/c1-20-9-6-7-11(13(8-9)21-2)16-12-5-3-4-10(15)14(12)17(18)19/h3-8,16H,1-2H3. The molecule has 0 aromatic heterocycles. The molecule has 0 bridgehead atoms. The number of hydrogen-bond donors (Lipinski definition) is 1. The molecule has 6 nitrogen and oxygen atoms in total. The lowest BCUT2D eigenvalue weighted by molar-refractivity contribution is -0.386. The van der Waals surface area contributed by atoms with Crippen molar-refractivity contribution < 1.29 is 18.8 Å².